The predicted molar refractivity (Wildman–Crippen MR) is 97.1 cm³/mol. The fourth-order valence-electron chi connectivity index (χ4n) is 3.26. The van der Waals surface area contributed by atoms with Gasteiger partial charge in [-0.25, -0.2) is 0 Å². The van der Waals surface area contributed by atoms with E-state index in [9.17, 15) is 18.0 Å². The maximum atomic E-state index is 12.9. The molecular formula is C20H12F3N4O+. The van der Waals surface area contributed by atoms with Gasteiger partial charge < -0.3 is 0 Å². The Kier molecular flexibility index (Phi) is 3.80. The number of nitriles is 1. The normalized spacial score (nSPS) is 21.0. The number of Topliss-reactive ketones (excluding diaryl/α,β-unsaturated/α-hetero) is 1. The van der Waals surface area contributed by atoms with Crippen LogP contribution >= 0.6 is 0 Å². The first kappa shape index (κ1) is 17.8. The fraction of sp³-hybridized carbons (Fsp3) is 0.100. The van der Waals surface area contributed by atoms with Crippen LogP contribution in [0.15, 0.2) is 70.5 Å². The maximum Gasteiger partial charge on any atom is 0.416 e. The Labute approximate surface area is 157 Å². The van der Waals surface area contributed by atoms with Gasteiger partial charge in [-0.3, -0.25) is 4.79 Å². The molecule has 4 rings (SSSR count). The number of quaternary nitrogens is 1. The van der Waals surface area contributed by atoms with Crippen LogP contribution in [0.25, 0.3) is 0 Å². The molecule has 0 aromatic heterocycles. The minimum Gasteiger partial charge on any atom is -0.278 e. The second-order valence-electron chi connectivity index (χ2n) is 6.37. The second kappa shape index (κ2) is 5.97. The van der Waals surface area contributed by atoms with Gasteiger partial charge in [0.1, 0.15) is 0 Å². The highest BCUT2D eigenvalue weighted by Crippen LogP contribution is 2.40. The first-order chi connectivity index (χ1) is 13.3. The molecule has 0 N–H and O–H groups in total. The number of fused-ring (bicyclic) bond motifs is 1. The number of benzene rings is 2. The molecule has 0 saturated carbocycles. The number of carbonyl (C=O) groups excluding carboxylic acids is 1. The molecule has 0 aliphatic carbocycles. The van der Waals surface area contributed by atoms with Crippen LogP contribution in [0.3, 0.4) is 0 Å². The van der Waals surface area contributed by atoms with Crippen LogP contribution in [0.4, 0.5) is 18.9 Å². The van der Waals surface area contributed by atoms with Crippen molar-refractivity contribution in [1.29, 1.82) is 5.26 Å². The van der Waals surface area contributed by atoms with Crippen molar-refractivity contribution in [3.05, 3.63) is 77.1 Å². The number of rotatable bonds is 2. The van der Waals surface area contributed by atoms with Crippen molar-refractivity contribution in [3.63, 3.8) is 0 Å². The monoisotopic (exact) mass is 381 g/mol. The summed E-state index contributed by atoms with van der Waals surface area (Å²) in [5.74, 6) is -0.297. The van der Waals surface area contributed by atoms with Gasteiger partial charge in [0.2, 0.25) is 0 Å². The van der Waals surface area contributed by atoms with Crippen LogP contribution in [0.5, 0.6) is 0 Å². The third-order valence-corrected chi connectivity index (χ3v) is 4.71. The number of hydrogen-bond acceptors (Lipinski definition) is 4. The van der Waals surface area contributed by atoms with Gasteiger partial charge in [0, 0.05) is 24.6 Å². The van der Waals surface area contributed by atoms with Crippen molar-refractivity contribution in [2.45, 2.75) is 13.1 Å². The highest BCUT2D eigenvalue weighted by molar-refractivity contribution is 6.73. The average Bonchev–Trinajstić information content (AvgIpc) is 3.17. The van der Waals surface area contributed by atoms with E-state index in [1.165, 1.54) is 18.3 Å². The van der Waals surface area contributed by atoms with E-state index in [2.05, 4.69) is 10.1 Å². The zero-order chi connectivity index (χ0) is 20.1. The standard InChI is InChI=1S/C20H12F3N4O/c1-12-11-25-19-18(28)17(14-4-2-13(10-24)3-5-14)26-27(12,19)16-8-6-15(7-9-16)20(21,22)23/h2-9,11H,1H3/q+1. The third kappa shape index (κ3) is 2.48. The number of allylic oxidation sites excluding steroid dienone is 1. The molecule has 0 amide bonds. The van der Waals surface area contributed by atoms with Crippen LogP contribution in [-0.4, -0.2) is 17.3 Å². The first-order valence-electron chi connectivity index (χ1n) is 8.25. The number of hydrogen-bond donors (Lipinski definition) is 0. The van der Waals surface area contributed by atoms with Crippen LogP contribution in [-0.2, 0) is 11.0 Å². The van der Waals surface area contributed by atoms with Gasteiger partial charge in [-0.15, -0.1) is 0 Å². The molecule has 0 radical (unpaired) electrons. The molecule has 2 heterocycles. The number of amidine groups is 1. The lowest BCUT2D eigenvalue weighted by Crippen LogP contribution is -2.44. The van der Waals surface area contributed by atoms with E-state index in [1.807, 2.05) is 6.07 Å². The number of nitrogens with zero attached hydrogens (tertiary/aromatic N) is 4. The average molecular weight is 381 g/mol. The highest BCUT2D eigenvalue weighted by atomic mass is 19.4. The molecule has 8 heteroatoms. The van der Waals surface area contributed by atoms with Crippen LogP contribution in [0, 0.1) is 11.3 Å². The summed E-state index contributed by atoms with van der Waals surface area (Å²) in [7, 11) is 0. The maximum absolute atomic E-state index is 12.9. The summed E-state index contributed by atoms with van der Waals surface area (Å²) < 4.78 is 38.3. The molecule has 5 nitrogen and oxygen atoms in total. The van der Waals surface area contributed by atoms with Gasteiger partial charge >= 0.3 is 12.0 Å². The van der Waals surface area contributed by atoms with E-state index < -0.39 is 17.5 Å². The molecule has 0 bridgehead atoms. The molecule has 1 unspecified atom stereocenters. The zero-order valence-electron chi connectivity index (χ0n) is 14.5. The Morgan fingerprint density at radius 3 is 2.25 bits per heavy atom. The Balaban J connectivity index is 1.84. The minimum atomic E-state index is -4.46. The summed E-state index contributed by atoms with van der Waals surface area (Å²) in [6.07, 6.45) is -2.97. The molecule has 2 aliphatic rings. The second-order valence-corrected chi connectivity index (χ2v) is 6.37. The van der Waals surface area contributed by atoms with E-state index >= 15 is 0 Å². The number of alkyl halides is 3. The number of aliphatic imine (C=N–C) groups is 1. The van der Waals surface area contributed by atoms with Crippen molar-refractivity contribution >= 4 is 23.0 Å². The molecule has 138 valence electrons. The largest absolute Gasteiger partial charge is 0.416 e. The Hall–Kier alpha value is -3.57. The van der Waals surface area contributed by atoms with E-state index in [4.69, 9.17) is 5.26 Å². The molecule has 1 atom stereocenters. The molecule has 28 heavy (non-hydrogen) atoms. The van der Waals surface area contributed by atoms with Crippen LogP contribution < -0.4 is 4.59 Å². The molecular weight excluding hydrogens is 369 g/mol. The molecule has 0 fully saturated rings. The molecule has 2 aliphatic heterocycles. The van der Waals surface area contributed by atoms with Crippen LogP contribution in [0.2, 0.25) is 0 Å². The van der Waals surface area contributed by atoms with Gasteiger partial charge in [0.25, 0.3) is 5.78 Å². The van der Waals surface area contributed by atoms with Crippen molar-refractivity contribution in [3.8, 4) is 6.07 Å². The van der Waals surface area contributed by atoms with Crippen LogP contribution in [0.1, 0.15) is 23.6 Å². The van der Waals surface area contributed by atoms with Gasteiger partial charge in [-0.05, 0) is 24.3 Å². The van der Waals surface area contributed by atoms with Gasteiger partial charge in [-0.1, -0.05) is 21.8 Å². The summed E-state index contributed by atoms with van der Waals surface area (Å²) in [6.45, 7) is 1.71. The van der Waals surface area contributed by atoms with E-state index in [0.29, 0.717) is 22.5 Å². The fourth-order valence-corrected chi connectivity index (χ4v) is 3.26. The van der Waals surface area contributed by atoms with E-state index in [0.717, 1.165) is 12.1 Å². The summed E-state index contributed by atoms with van der Waals surface area (Å²) in [4.78, 5) is 17.1. The third-order valence-electron chi connectivity index (χ3n) is 4.71. The molecule has 0 saturated heterocycles. The summed E-state index contributed by atoms with van der Waals surface area (Å²) in [5.41, 5.74) is 1.29. The van der Waals surface area contributed by atoms with Gasteiger partial charge in [0.15, 0.2) is 17.1 Å². The lowest BCUT2D eigenvalue weighted by atomic mass is 10.0. The summed E-state index contributed by atoms with van der Waals surface area (Å²) in [6, 6.07) is 12.9. The predicted octanol–water partition coefficient (Wildman–Crippen LogP) is 4.14. The summed E-state index contributed by atoms with van der Waals surface area (Å²) >= 11 is 0. The molecule has 2 aromatic rings. The molecule has 2 aromatic carbocycles. The van der Waals surface area contributed by atoms with E-state index in [1.54, 1.807) is 31.2 Å². The topological polar surface area (TPSA) is 65.6 Å². The number of carbonyl (C=O) groups is 1. The van der Waals surface area contributed by atoms with Gasteiger partial charge in [0.05, 0.1) is 23.4 Å². The number of ketones is 1. The quantitative estimate of drug-likeness (QED) is 0.734. The Morgan fingerprint density at radius 1 is 1.04 bits per heavy atom. The first-order valence-corrected chi connectivity index (χ1v) is 8.25. The SMILES string of the molecule is CC1=CN=C2C(=O)C(c3ccc(C#N)cc3)=N[N+]12c1ccc(C(F)(F)F)cc1. The lowest BCUT2D eigenvalue weighted by Gasteiger charge is -2.23. The Morgan fingerprint density at radius 2 is 1.68 bits per heavy atom. The highest BCUT2D eigenvalue weighted by Gasteiger charge is 2.55. The number of halogens is 3. The van der Waals surface area contributed by atoms with Crippen molar-refractivity contribution in [2.24, 2.45) is 10.1 Å². The molecule has 0 spiro atoms. The Bertz CT molecular complexity index is 1120. The smallest absolute Gasteiger partial charge is 0.278 e. The van der Waals surface area contributed by atoms with E-state index in [-0.39, 0.29) is 16.1 Å². The summed E-state index contributed by atoms with van der Waals surface area (Å²) in [5, 5.41) is 13.5. The van der Waals surface area contributed by atoms with Crippen molar-refractivity contribution in [2.75, 3.05) is 0 Å². The zero-order valence-corrected chi connectivity index (χ0v) is 14.5. The minimum absolute atomic E-state index is 0.108. The van der Waals surface area contributed by atoms with Gasteiger partial charge in [-0.2, -0.15) is 23.4 Å². The van der Waals surface area contributed by atoms with Crippen molar-refractivity contribution < 1.29 is 18.0 Å². The lowest BCUT2D eigenvalue weighted by molar-refractivity contribution is -0.137. The van der Waals surface area contributed by atoms with Crippen molar-refractivity contribution in [1.82, 2.24) is 4.59 Å².